The van der Waals surface area contributed by atoms with Crippen LogP contribution in [0.4, 0.5) is 5.69 Å². The normalized spacial score (nSPS) is 11.3. The van der Waals surface area contributed by atoms with Gasteiger partial charge in [-0.15, -0.1) is 0 Å². The summed E-state index contributed by atoms with van der Waals surface area (Å²) in [6, 6.07) is 10.2. The summed E-state index contributed by atoms with van der Waals surface area (Å²) in [7, 11) is -3.72. The van der Waals surface area contributed by atoms with Crippen molar-refractivity contribution in [2.24, 2.45) is 0 Å². The molecule has 156 valence electrons. The van der Waals surface area contributed by atoms with Crippen molar-refractivity contribution in [1.82, 2.24) is 4.31 Å². The van der Waals surface area contributed by atoms with Gasteiger partial charge in [0.05, 0.1) is 27.7 Å². The Bertz CT molecular complexity index is 986. The number of esters is 1. The maximum absolute atomic E-state index is 12.7. The Kier molecular flexibility index (Phi) is 7.78. The van der Waals surface area contributed by atoms with E-state index in [2.05, 4.69) is 5.32 Å². The van der Waals surface area contributed by atoms with Gasteiger partial charge in [-0.25, -0.2) is 13.2 Å². The number of anilines is 1. The highest BCUT2D eigenvalue weighted by Gasteiger charge is 2.24. The largest absolute Gasteiger partial charge is 0.462 e. The van der Waals surface area contributed by atoms with Crippen LogP contribution in [-0.4, -0.2) is 44.3 Å². The summed E-state index contributed by atoms with van der Waals surface area (Å²) in [4.78, 5) is 24.3. The highest BCUT2D eigenvalue weighted by Crippen LogP contribution is 2.24. The van der Waals surface area contributed by atoms with Gasteiger partial charge in [-0.2, -0.15) is 4.31 Å². The molecule has 1 N–H and O–H groups in total. The van der Waals surface area contributed by atoms with Gasteiger partial charge in [0.2, 0.25) is 10.0 Å². The van der Waals surface area contributed by atoms with Crippen molar-refractivity contribution in [3.63, 3.8) is 0 Å². The Morgan fingerprint density at radius 2 is 1.66 bits per heavy atom. The van der Waals surface area contributed by atoms with Crippen LogP contribution in [0.25, 0.3) is 0 Å². The van der Waals surface area contributed by atoms with Crippen molar-refractivity contribution in [1.29, 1.82) is 0 Å². The third kappa shape index (κ3) is 5.35. The maximum Gasteiger partial charge on any atom is 0.338 e. The quantitative estimate of drug-likeness (QED) is 0.633. The number of sulfonamides is 1. The minimum Gasteiger partial charge on any atom is -0.462 e. The van der Waals surface area contributed by atoms with E-state index < -0.39 is 21.9 Å². The van der Waals surface area contributed by atoms with E-state index in [1.165, 1.54) is 34.6 Å². The second-order valence-corrected chi connectivity index (χ2v) is 8.33. The van der Waals surface area contributed by atoms with Crippen LogP contribution in [0.2, 0.25) is 5.02 Å². The first-order chi connectivity index (χ1) is 13.7. The lowest BCUT2D eigenvalue weighted by molar-refractivity contribution is 0.0526. The van der Waals surface area contributed by atoms with Crippen LogP contribution in [0, 0.1) is 0 Å². The first-order valence-corrected chi connectivity index (χ1v) is 10.9. The lowest BCUT2D eigenvalue weighted by atomic mass is 10.2. The van der Waals surface area contributed by atoms with Crippen molar-refractivity contribution < 1.29 is 22.7 Å². The summed E-state index contributed by atoms with van der Waals surface area (Å²) in [5.41, 5.74) is 0.820. The summed E-state index contributed by atoms with van der Waals surface area (Å²) in [6.45, 7) is 6.09. The number of rotatable bonds is 8. The fraction of sp³-hybridized carbons (Fsp3) is 0.300. The molecular formula is C20H23ClN2O5S. The molecule has 0 heterocycles. The lowest BCUT2D eigenvalue weighted by Crippen LogP contribution is -2.30. The van der Waals surface area contributed by atoms with Crippen molar-refractivity contribution in [2.45, 2.75) is 25.7 Å². The van der Waals surface area contributed by atoms with Crippen LogP contribution in [0.5, 0.6) is 0 Å². The zero-order valence-electron chi connectivity index (χ0n) is 16.4. The molecule has 0 saturated heterocycles. The molecule has 0 bridgehead atoms. The van der Waals surface area contributed by atoms with Crippen LogP contribution < -0.4 is 5.32 Å². The fourth-order valence-corrected chi connectivity index (χ4v) is 4.34. The highest BCUT2D eigenvalue weighted by molar-refractivity contribution is 7.89. The van der Waals surface area contributed by atoms with E-state index in [0.717, 1.165) is 0 Å². The van der Waals surface area contributed by atoms with Gasteiger partial charge < -0.3 is 10.1 Å². The molecule has 7 nitrogen and oxygen atoms in total. The molecule has 2 rings (SSSR count). The second-order valence-electron chi connectivity index (χ2n) is 5.98. The molecule has 0 aliphatic heterocycles. The number of benzene rings is 2. The molecule has 0 radical (unpaired) electrons. The number of nitrogens with one attached hydrogen (secondary N) is 1. The molecule has 1 amide bonds. The number of carbonyl (C=O) groups is 2. The Morgan fingerprint density at radius 1 is 1.03 bits per heavy atom. The third-order valence-corrected chi connectivity index (χ3v) is 6.56. The predicted octanol–water partition coefficient (Wildman–Crippen LogP) is 3.80. The molecule has 0 spiro atoms. The molecule has 0 saturated carbocycles. The molecule has 0 unspecified atom stereocenters. The van der Waals surface area contributed by atoms with Gasteiger partial charge in [0.15, 0.2) is 0 Å². The van der Waals surface area contributed by atoms with Crippen molar-refractivity contribution >= 4 is 39.2 Å². The first-order valence-electron chi connectivity index (χ1n) is 9.12. The first kappa shape index (κ1) is 22.9. The number of hydrogen-bond donors (Lipinski definition) is 1. The zero-order chi connectivity index (χ0) is 21.6. The standard InChI is InChI=1S/C20H23ClN2O5S/c1-4-23(5-2)29(26,27)16-11-12-18(21)17(13-16)19(24)22-15-9-7-14(8-10-15)20(25)28-6-3/h7-13H,4-6H2,1-3H3,(H,22,24). The number of nitrogens with zero attached hydrogens (tertiary/aromatic N) is 1. The Balaban J connectivity index is 2.26. The summed E-state index contributed by atoms with van der Waals surface area (Å²) < 4.78 is 31.6. The lowest BCUT2D eigenvalue weighted by Gasteiger charge is -2.19. The predicted molar refractivity (Wildman–Crippen MR) is 112 cm³/mol. The van der Waals surface area contributed by atoms with Crippen molar-refractivity contribution in [3.05, 3.63) is 58.6 Å². The monoisotopic (exact) mass is 438 g/mol. The van der Waals surface area contributed by atoms with Crippen LogP contribution in [0.1, 0.15) is 41.5 Å². The van der Waals surface area contributed by atoms with Crippen LogP contribution in [0.15, 0.2) is 47.4 Å². The van der Waals surface area contributed by atoms with E-state index in [1.54, 1.807) is 32.9 Å². The number of hydrogen-bond acceptors (Lipinski definition) is 5. The van der Waals surface area contributed by atoms with Gasteiger partial charge in [-0.1, -0.05) is 25.4 Å². The molecule has 9 heteroatoms. The van der Waals surface area contributed by atoms with Crippen LogP contribution in [0.3, 0.4) is 0 Å². The summed E-state index contributed by atoms with van der Waals surface area (Å²) in [5.74, 6) is -1.02. The van der Waals surface area contributed by atoms with Crippen LogP contribution in [-0.2, 0) is 14.8 Å². The Hall–Kier alpha value is -2.42. The van der Waals surface area contributed by atoms with Crippen LogP contribution >= 0.6 is 11.6 Å². The molecule has 0 fully saturated rings. The zero-order valence-corrected chi connectivity index (χ0v) is 18.0. The van der Waals surface area contributed by atoms with E-state index in [-0.39, 0.29) is 22.1 Å². The molecular weight excluding hydrogens is 416 g/mol. The minimum absolute atomic E-state index is 0.00610. The third-order valence-electron chi connectivity index (χ3n) is 4.18. The number of halogens is 1. The highest BCUT2D eigenvalue weighted by atomic mass is 35.5. The summed E-state index contributed by atoms with van der Waals surface area (Å²) >= 11 is 6.13. The molecule has 2 aromatic carbocycles. The van der Waals surface area contributed by atoms with E-state index >= 15 is 0 Å². The maximum atomic E-state index is 12.7. The number of carbonyl (C=O) groups excluding carboxylic acids is 2. The average Bonchev–Trinajstić information content (AvgIpc) is 2.69. The van der Waals surface area contributed by atoms with Gasteiger partial charge in [-0.05, 0) is 49.4 Å². The summed E-state index contributed by atoms with van der Waals surface area (Å²) in [6.07, 6.45) is 0. The van der Waals surface area contributed by atoms with E-state index in [9.17, 15) is 18.0 Å². The SMILES string of the molecule is CCOC(=O)c1ccc(NC(=O)c2cc(S(=O)(=O)N(CC)CC)ccc2Cl)cc1. The topological polar surface area (TPSA) is 92.8 Å². The van der Waals surface area contributed by atoms with Gasteiger partial charge in [0.1, 0.15) is 0 Å². The molecule has 2 aromatic rings. The van der Waals surface area contributed by atoms with E-state index in [4.69, 9.17) is 16.3 Å². The van der Waals surface area contributed by atoms with Gasteiger partial charge in [0.25, 0.3) is 5.91 Å². The smallest absolute Gasteiger partial charge is 0.338 e. The molecule has 0 aliphatic rings. The fourth-order valence-electron chi connectivity index (χ4n) is 2.65. The number of amides is 1. The Labute approximate surface area is 175 Å². The van der Waals surface area contributed by atoms with E-state index in [1.807, 2.05) is 0 Å². The van der Waals surface area contributed by atoms with Gasteiger partial charge in [0, 0.05) is 18.8 Å². The number of ether oxygens (including phenoxy) is 1. The van der Waals surface area contributed by atoms with Crippen molar-refractivity contribution in [2.75, 3.05) is 25.0 Å². The summed E-state index contributed by atoms with van der Waals surface area (Å²) in [5, 5.41) is 2.78. The van der Waals surface area contributed by atoms with Crippen molar-refractivity contribution in [3.8, 4) is 0 Å². The second kappa shape index (κ2) is 9.87. The minimum atomic E-state index is -3.72. The molecule has 29 heavy (non-hydrogen) atoms. The molecule has 0 aromatic heterocycles. The Morgan fingerprint density at radius 3 is 2.21 bits per heavy atom. The molecule has 0 aliphatic carbocycles. The van der Waals surface area contributed by atoms with Gasteiger partial charge in [-0.3, -0.25) is 4.79 Å². The van der Waals surface area contributed by atoms with E-state index in [0.29, 0.717) is 24.3 Å². The van der Waals surface area contributed by atoms with Gasteiger partial charge >= 0.3 is 5.97 Å². The average molecular weight is 439 g/mol. The molecule has 0 atom stereocenters.